The van der Waals surface area contributed by atoms with Gasteiger partial charge >= 0.3 is 6.09 Å². The van der Waals surface area contributed by atoms with Gasteiger partial charge in [0.2, 0.25) is 5.91 Å². The number of hydrogen-bond donors (Lipinski definition) is 1. The monoisotopic (exact) mass is 401 g/mol. The third-order valence-corrected chi connectivity index (χ3v) is 5.42. The van der Waals surface area contributed by atoms with Crippen molar-refractivity contribution < 1.29 is 23.9 Å². The number of unbranched alkanes of at least 4 members (excludes halogenated alkanes) is 1. The summed E-state index contributed by atoms with van der Waals surface area (Å²) in [6.45, 7) is 5.00. The molecule has 3 rings (SSSR count). The van der Waals surface area contributed by atoms with E-state index < -0.39 is 17.9 Å². The summed E-state index contributed by atoms with van der Waals surface area (Å²) in [6, 6.07) is 5.56. The normalized spacial score (nSPS) is 17.9. The van der Waals surface area contributed by atoms with Crippen LogP contribution in [0, 0.1) is 0 Å². The fraction of sp³-hybridized carbons (Fsp3) is 0.524. The van der Waals surface area contributed by atoms with Gasteiger partial charge in [-0.2, -0.15) is 0 Å². The molecule has 1 N–H and O–H groups in total. The van der Waals surface area contributed by atoms with E-state index in [9.17, 15) is 19.2 Å². The molecule has 8 nitrogen and oxygen atoms in total. The first-order valence-corrected chi connectivity index (χ1v) is 10.1. The van der Waals surface area contributed by atoms with E-state index in [4.69, 9.17) is 4.74 Å². The van der Waals surface area contributed by atoms with Gasteiger partial charge in [-0.3, -0.25) is 19.3 Å². The van der Waals surface area contributed by atoms with E-state index in [1.54, 1.807) is 36.1 Å². The van der Waals surface area contributed by atoms with Crippen molar-refractivity contribution >= 4 is 23.8 Å². The Hall–Kier alpha value is -2.90. The number of carbonyl (C=O) groups is 4. The average molecular weight is 401 g/mol. The maximum atomic E-state index is 12.7. The first-order valence-electron chi connectivity index (χ1n) is 10.1. The largest absolute Gasteiger partial charge is 0.449 e. The summed E-state index contributed by atoms with van der Waals surface area (Å²) in [4.78, 5) is 52.4. The summed E-state index contributed by atoms with van der Waals surface area (Å²) in [5.41, 5.74) is 0.652. The minimum atomic E-state index is -0.903. The van der Waals surface area contributed by atoms with Gasteiger partial charge in [0.05, 0.1) is 17.7 Å². The number of carbonyl (C=O) groups excluding carboxylic acids is 4. The summed E-state index contributed by atoms with van der Waals surface area (Å²) in [7, 11) is 0. The SMILES string of the molecule is CCCCOC(=O)N1CCC(NC(=O)C(C)N2C(=O)c3ccccc3C2=O)CC1. The lowest BCUT2D eigenvalue weighted by Crippen LogP contribution is -2.53. The molecular formula is C21H27N3O5. The van der Waals surface area contributed by atoms with Crippen molar-refractivity contribution in [2.24, 2.45) is 0 Å². The van der Waals surface area contributed by atoms with Crippen molar-refractivity contribution in [2.45, 2.75) is 51.6 Å². The minimum absolute atomic E-state index is 0.111. The Kier molecular flexibility index (Phi) is 6.51. The Morgan fingerprint density at radius 3 is 2.28 bits per heavy atom. The summed E-state index contributed by atoms with van der Waals surface area (Å²) >= 11 is 0. The second-order valence-electron chi connectivity index (χ2n) is 7.44. The maximum Gasteiger partial charge on any atom is 0.409 e. The van der Waals surface area contributed by atoms with Crippen LogP contribution in [0.1, 0.15) is 60.2 Å². The Balaban J connectivity index is 1.51. The highest BCUT2D eigenvalue weighted by Crippen LogP contribution is 2.24. The van der Waals surface area contributed by atoms with Gasteiger partial charge in [0.15, 0.2) is 0 Å². The molecule has 0 radical (unpaired) electrons. The number of amides is 4. The van der Waals surface area contributed by atoms with Crippen LogP contribution in [0.25, 0.3) is 0 Å². The predicted molar refractivity (Wildman–Crippen MR) is 105 cm³/mol. The molecule has 0 saturated carbocycles. The fourth-order valence-electron chi connectivity index (χ4n) is 3.60. The highest BCUT2D eigenvalue weighted by molar-refractivity contribution is 6.22. The van der Waals surface area contributed by atoms with Crippen molar-refractivity contribution in [1.29, 1.82) is 0 Å². The molecule has 156 valence electrons. The number of nitrogens with one attached hydrogen (secondary N) is 1. The van der Waals surface area contributed by atoms with Crippen LogP contribution < -0.4 is 5.32 Å². The number of hydrogen-bond acceptors (Lipinski definition) is 5. The van der Waals surface area contributed by atoms with Crippen molar-refractivity contribution in [2.75, 3.05) is 19.7 Å². The number of fused-ring (bicyclic) bond motifs is 1. The van der Waals surface area contributed by atoms with E-state index in [-0.39, 0.29) is 18.0 Å². The number of nitrogens with zero attached hydrogens (tertiary/aromatic N) is 2. The van der Waals surface area contributed by atoms with E-state index >= 15 is 0 Å². The molecule has 0 aliphatic carbocycles. The zero-order valence-corrected chi connectivity index (χ0v) is 16.8. The van der Waals surface area contributed by atoms with Crippen molar-refractivity contribution in [3.63, 3.8) is 0 Å². The molecule has 1 aromatic carbocycles. The number of imide groups is 1. The zero-order valence-electron chi connectivity index (χ0n) is 16.8. The highest BCUT2D eigenvalue weighted by atomic mass is 16.6. The maximum absolute atomic E-state index is 12.7. The number of piperidine rings is 1. The molecule has 0 bridgehead atoms. The van der Waals surface area contributed by atoms with Gasteiger partial charge in [-0.15, -0.1) is 0 Å². The van der Waals surface area contributed by atoms with E-state index in [1.807, 2.05) is 6.92 Å². The van der Waals surface area contributed by atoms with Crippen molar-refractivity contribution in [3.8, 4) is 0 Å². The molecule has 1 saturated heterocycles. The van der Waals surface area contributed by atoms with E-state index in [2.05, 4.69) is 5.32 Å². The van der Waals surface area contributed by atoms with Gasteiger partial charge in [0.25, 0.3) is 11.8 Å². The minimum Gasteiger partial charge on any atom is -0.449 e. The van der Waals surface area contributed by atoms with Gasteiger partial charge in [-0.25, -0.2) is 4.79 Å². The van der Waals surface area contributed by atoms with Crippen LogP contribution in [-0.4, -0.2) is 65.4 Å². The summed E-state index contributed by atoms with van der Waals surface area (Å²) in [5, 5.41) is 2.91. The Morgan fingerprint density at radius 1 is 1.14 bits per heavy atom. The summed E-state index contributed by atoms with van der Waals surface area (Å²) < 4.78 is 5.22. The van der Waals surface area contributed by atoms with Crippen LogP contribution >= 0.6 is 0 Å². The molecule has 0 aromatic heterocycles. The summed E-state index contributed by atoms with van der Waals surface area (Å²) in [6.07, 6.45) is 2.69. The van der Waals surface area contributed by atoms with E-state index in [0.29, 0.717) is 43.7 Å². The molecule has 2 aliphatic heterocycles. The van der Waals surface area contributed by atoms with E-state index in [0.717, 1.165) is 17.7 Å². The number of likely N-dealkylation sites (tertiary alicyclic amines) is 1. The van der Waals surface area contributed by atoms with E-state index in [1.165, 1.54) is 0 Å². The van der Waals surface area contributed by atoms with Crippen molar-refractivity contribution in [3.05, 3.63) is 35.4 Å². The molecule has 29 heavy (non-hydrogen) atoms. The van der Waals surface area contributed by atoms with Crippen LogP contribution in [0.2, 0.25) is 0 Å². The lowest BCUT2D eigenvalue weighted by molar-refractivity contribution is -0.125. The molecule has 1 atom stereocenters. The number of ether oxygens (including phenoxy) is 1. The molecule has 0 spiro atoms. The van der Waals surface area contributed by atoms with Crippen LogP contribution in [0.15, 0.2) is 24.3 Å². The zero-order chi connectivity index (χ0) is 21.0. The average Bonchev–Trinajstić information content (AvgIpc) is 2.98. The van der Waals surface area contributed by atoms with Crippen LogP contribution in [0.3, 0.4) is 0 Å². The Labute approximate surface area is 170 Å². The van der Waals surface area contributed by atoms with Crippen molar-refractivity contribution in [1.82, 2.24) is 15.1 Å². The second kappa shape index (κ2) is 9.07. The molecule has 2 heterocycles. The van der Waals surface area contributed by atoms with Gasteiger partial charge < -0.3 is 15.0 Å². The number of rotatable bonds is 6. The molecule has 2 aliphatic rings. The third-order valence-electron chi connectivity index (χ3n) is 5.42. The first-order chi connectivity index (χ1) is 13.9. The molecule has 1 unspecified atom stereocenters. The predicted octanol–water partition coefficient (Wildman–Crippen LogP) is 2.19. The Bertz CT molecular complexity index is 766. The molecule has 1 aromatic rings. The summed E-state index contributed by atoms with van der Waals surface area (Å²) in [5.74, 6) is -1.26. The topological polar surface area (TPSA) is 96.0 Å². The fourth-order valence-corrected chi connectivity index (χ4v) is 3.60. The molecule has 1 fully saturated rings. The highest BCUT2D eigenvalue weighted by Gasteiger charge is 2.41. The lowest BCUT2D eigenvalue weighted by Gasteiger charge is -2.33. The van der Waals surface area contributed by atoms with Gasteiger partial charge in [0, 0.05) is 19.1 Å². The molecular weight excluding hydrogens is 374 g/mol. The molecule has 8 heteroatoms. The third kappa shape index (κ3) is 4.41. The smallest absolute Gasteiger partial charge is 0.409 e. The van der Waals surface area contributed by atoms with Gasteiger partial charge in [0.1, 0.15) is 6.04 Å². The quantitative estimate of drug-likeness (QED) is 0.582. The molecule has 4 amide bonds. The lowest BCUT2D eigenvalue weighted by atomic mass is 10.0. The van der Waals surface area contributed by atoms with Crippen LogP contribution in [0.5, 0.6) is 0 Å². The van der Waals surface area contributed by atoms with Crippen LogP contribution in [-0.2, 0) is 9.53 Å². The first kappa shape index (κ1) is 20.8. The van der Waals surface area contributed by atoms with Gasteiger partial charge in [-0.1, -0.05) is 25.5 Å². The standard InChI is InChI=1S/C21H27N3O5/c1-3-4-13-29-21(28)23-11-9-15(10-12-23)22-18(25)14(2)24-19(26)16-7-5-6-8-17(16)20(24)27/h5-8,14-15H,3-4,9-13H2,1-2H3,(H,22,25). The Morgan fingerprint density at radius 2 is 1.72 bits per heavy atom. The van der Waals surface area contributed by atoms with Crippen LogP contribution in [0.4, 0.5) is 4.79 Å². The number of benzene rings is 1. The second-order valence-corrected chi connectivity index (χ2v) is 7.44. The van der Waals surface area contributed by atoms with Gasteiger partial charge in [-0.05, 0) is 38.3 Å².